The van der Waals surface area contributed by atoms with Crippen LogP contribution in [0.25, 0.3) is 0 Å². The Balaban J connectivity index is 1.44. The van der Waals surface area contributed by atoms with Gasteiger partial charge in [-0.05, 0) is 39.1 Å². The van der Waals surface area contributed by atoms with Crippen molar-refractivity contribution in [1.82, 2.24) is 9.80 Å². The third-order valence-electron chi connectivity index (χ3n) is 5.79. The molecule has 0 saturated carbocycles. The third kappa shape index (κ3) is 6.59. The molecule has 0 bridgehead atoms. The standard InChI is InChI=1S/C23H36ClN5O2/c1-26(2)11-5-9-22(30)29-16-19(17-29)31-14-6-12-28-13-10-18(25)15-27(3)21-8-4-7-20(24)23(21)28/h4-5,7-9,18-19H,6,10-17,25H2,1-3H3/b9-5+/t18-/m0/s1. The predicted octanol–water partition coefficient (Wildman–Crippen LogP) is 2.05. The van der Waals surface area contributed by atoms with Crippen molar-refractivity contribution in [2.45, 2.75) is 25.0 Å². The molecule has 31 heavy (non-hydrogen) atoms. The fourth-order valence-electron chi connectivity index (χ4n) is 4.02. The number of amides is 1. The minimum absolute atomic E-state index is 0.0639. The van der Waals surface area contributed by atoms with Crippen molar-refractivity contribution in [2.24, 2.45) is 5.73 Å². The second-order valence-electron chi connectivity index (χ2n) is 8.78. The SMILES string of the molecule is CN(C)C/C=C/C(=O)N1CC(OCCCN2CC[C@H](N)CN(C)c3cccc(Cl)c32)C1. The first-order valence-corrected chi connectivity index (χ1v) is 11.4. The number of hydrogen-bond donors (Lipinski definition) is 1. The van der Waals surface area contributed by atoms with Crippen LogP contribution in [-0.4, -0.2) is 94.9 Å². The normalized spacial score (nSPS) is 20.1. The molecule has 2 aliphatic heterocycles. The second-order valence-corrected chi connectivity index (χ2v) is 9.19. The summed E-state index contributed by atoms with van der Waals surface area (Å²) in [5.74, 6) is 0.0639. The molecule has 0 unspecified atom stereocenters. The van der Waals surface area contributed by atoms with Gasteiger partial charge in [-0.3, -0.25) is 4.79 Å². The zero-order chi connectivity index (χ0) is 22.4. The van der Waals surface area contributed by atoms with E-state index in [1.165, 1.54) is 0 Å². The van der Waals surface area contributed by atoms with Crippen LogP contribution in [-0.2, 0) is 9.53 Å². The van der Waals surface area contributed by atoms with Crippen molar-refractivity contribution in [3.05, 3.63) is 35.4 Å². The summed E-state index contributed by atoms with van der Waals surface area (Å²) in [6.45, 7) is 5.35. The average molecular weight is 450 g/mol. The van der Waals surface area contributed by atoms with E-state index in [2.05, 4.69) is 22.9 Å². The monoisotopic (exact) mass is 449 g/mol. The number of nitrogens with zero attached hydrogens (tertiary/aromatic N) is 4. The molecular weight excluding hydrogens is 414 g/mol. The molecule has 1 saturated heterocycles. The lowest BCUT2D eigenvalue weighted by molar-refractivity contribution is -0.139. The molecule has 2 heterocycles. The van der Waals surface area contributed by atoms with Crippen LogP contribution in [0.2, 0.25) is 5.02 Å². The van der Waals surface area contributed by atoms with Crippen LogP contribution in [0, 0.1) is 0 Å². The Kier molecular flexibility index (Phi) is 8.60. The summed E-state index contributed by atoms with van der Waals surface area (Å²) >= 11 is 6.58. The van der Waals surface area contributed by atoms with Crippen molar-refractivity contribution in [1.29, 1.82) is 0 Å². The topological polar surface area (TPSA) is 65.3 Å². The molecular formula is C23H36ClN5O2. The number of likely N-dealkylation sites (N-methyl/N-ethyl adjacent to an activating group) is 2. The average Bonchev–Trinajstić information content (AvgIpc) is 2.67. The largest absolute Gasteiger partial charge is 0.374 e. The summed E-state index contributed by atoms with van der Waals surface area (Å²) in [4.78, 5) is 20.5. The van der Waals surface area contributed by atoms with E-state index in [1.54, 1.807) is 6.08 Å². The van der Waals surface area contributed by atoms with Crippen molar-refractivity contribution in [3.8, 4) is 0 Å². The van der Waals surface area contributed by atoms with Crippen LogP contribution < -0.4 is 15.5 Å². The van der Waals surface area contributed by atoms with Gasteiger partial charge in [0.1, 0.15) is 0 Å². The number of hydrogen-bond acceptors (Lipinski definition) is 6. The number of fused-ring (bicyclic) bond motifs is 1. The number of halogens is 1. The van der Waals surface area contributed by atoms with Crippen molar-refractivity contribution in [2.75, 3.05) is 76.8 Å². The smallest absolute Gasteiger partial charge is 0.246 e. The van der Waals surface area contributed by atoms with Gasteiger partial charge >= 0.3 is 0 Å². The third-order valence-corrected chi connectivity index (χ3v) is 6.09. The number of anilines is 2. The summed E-state index contributed by atoms with van der Waals surface area (Å²) < 4.78 is 5.99. The maximum atomic E-state index is 12.1. The number of ether oxygens (including phenoxy) is 1. The van der Waals surface area contributed by atoms with E-state index in [0.29, 0.717) is 19.7 Å². The number of carbonyl (C=O) groups excluding carboxylic acids is 1. The number of nitrogens with two attached hydrogens (primary N) is 1. The Hall–Kier alpha value is -1.80. The van der Waals surface area contributed by atoms with E-state index in [9.17, 15) is 4.79 Å². The highest BCUT2D eigenvalue weighted by molar-refractivity contribution is 6.34. The first-order valence-electron chi connectivity index (χ1n) is 11.1. The van der Waals surface area contributed by atoms with E-state index >= 15 is 0 Å². The van der Waals surface area contributed by atoms with E-state index in [4.69, 9.17) is 22.1 Å². The fraction of sp³-hybridized carbons (Fsp3) is 0.609. The lowest BCUT2D eigenvalue weighted by atomic mass is 10.1. The summed E-state index contributed by atoms with van der Waals surface area (Å²) in [5, 5.41) is 0.774. The van der Waals surface area contributed by atoms with Crippen LogP contribution in [0.5, 0.6) is 0 Å². The molecule has 1 aromatic rings. The second kappa shape index (κ2) is 11.2. The Morgan fingerprint density at radius 2 is 2.10 bits per heavy atom. The fourth-order valence-corrected chi connectivity index (χ4v) is 4.31. The molecule has 1 amide bonds. The number of para-hydroxylation sites is 1. The Morgan fingerprint density at radius 1 is 1.32 bits per heavy atom. The van der Waals surface area contributed by atoms with Gasteiger partial charge in [-0.25, -0.2) is 0 Å². The van der Waals surface area contributed by atoms with Crippen LogP contribution >= 0.6 is 11.6 Å². The predicted molar refractivity (Wildman–Crippen MR) is 128 cm³/mol. The lowest BCUT2D eigenvalue weighted by Gasteiger charge is -2.39. The number of rotatable bonds is 8. The van der Waals surface area contributed by atoms with Gasteiger partial charge < -0.3 is 30.1 Å². The van der Waals surface area contributed by atoms with Crippen LogP contribution in [0.1, 0.15) is 12.8 Å². The zero-order valence-electron chi connectivity index (χ0n) is 19.0. The quantitative estimate of drug-likeness (QED) is 0.484. The lowest BCUT2D eigenvalue weighted by Crippen LogP contribution is -2.54. The molecule has 0 aliphatic carbocycles. The maximum absolute atomic E-state index is 12.1. The molecule has 172 valence electrons. The molecule has 7 nitrogen and oxygen atoms in total. The number of carbonyl (C=O) groups is 1. The van der Waals surface area contributed by atoms with E-state index < -0.39 is 0 Å². The maximum Gasteiger partial charge on any atom is 0.246 e. The molecule has 0 spiro atoms. The first-order chi connectivity index (χ1) is 14.8. The van der Waals surface area contributed by atoms with Crippen LogP contribution in [0.3, 0.4) is 0 Å². The molecule has 1 atom stereocenters. The van der Waals surface area contributed by atoms with Gasteiger partial charge in [0.25, 0.3) is 0 Å². The van der Waals surface area contributed by atoms with E-state index in [0.717, 1.165) is 55.4 Å². The minimum Gasteiger partial charge on any atom is -0.374 e. The highest BCUT2D eigenvalue weighted by Crippen LogP contribution is 2.37. The minimum atomic E-state index is 0.0639. The molecule has 3 rings (SSSR count). The number of benzene rings is 1. The summed E-state index contributed by atoms with van der Waals surface area (Å²) in [5.41, 5.74) is 8.50. The van der Waals surface area contributed by atoms with Crippen molar-refractivity contribution >= 4 is 28.9 Å². The molecule has 8 heteroatoms. The highest BCUT2D eigenvalue weighted by Gasteiger charge is 2.30. The first kappa shape index (κ1) is 23.9. The highest BCUT2D eigenvalue weighted by atomic mass is 35.5. The summed E-state index contributed by atoms with van der Waals surface area (Å²) in [6, 6.07) is 6.19. The summed E-state index contributed by atoms with van der Waals surface area (Å²) in [6.07, 6.45) is 5.51. The Labute approximate surface area is 191 Å². The van der Waals surface area contributed by atoms with Gasteiger partial charge in [0.2, 0.25) is 5.91 Å². The zero-order valence-corrected chi connectivity index (χ0v) is 19.7. The molecule has 0 aromatic heterocycles. The van der Waals surface area contributed by atoms with Gasteiger partial charge in [0.05, 0.1) is 22.5 Å². The van der Waals surface area contributed by atoms with E-state index in [1.807, 2.05) is 42.1 Å². The van der Waals surface area contributed by atoms with Crippen LogP contribution in [0.4, 0.5) is 11.4 Å². The molecule has 0 radical (unpaired) electrons. The summed E-state index contributed by atoms with van der Waals surface area (Å²) in [7, 11) is 6.03. The van der Waals surface area contributed by atoms with Crippen molar-refractivity contribution < 1.29 is 9.53 Å². The van der Waals surface area contributed by atoms with Crippen LogP contribution in [0.15, 0.2) is 30.4 Å². The Morgan fingerprint density at radius 3 is 2.84 bits per heavy atom. The van der Waals surface area contributed by atoms with Gasteiger partial charge in [-0.2, -0.15) is 0 Å². The Bertz CT molecular complexity index is 766. The molecule has 1 fully saturated rings. The molecule has 1 aromatic carbocycles. The number of likely N-dealkylation sites (tertiary alicyclic amines) is 1. The van der Waals surface area contributed by atoms with Gasteiger partial charge in [-0.1, -0.05) is 23.7 Å². The van der Waals surface area contributed by atoms with Gasteiger partial charge in [-0.15, -0.1) is 0 Å². The van der Waals surface area contributed by atoms with E-state index in [-0.39, 0.29) is 18.1 Å². The van der Waals surface area contributed by atoms with Gasteiger partial charge in [0.15, 0.2) is 0 Å². The molecule has 2 aliphatic rings. The van der Waals surface area contributed by atoms with Crippen molar-refractivity contribution in [3.63, 3.8) is 0 Å². The van der Waals surface area contributed by atoms with Gasteiger partial charge in [0, 0.05) is 65.0 Å². The molecule has 2 N–H and O–H groups in total.